The molecule has 318 valence electrons. The number of carbonyl (C=O) groups is 1. The maximum absolute atomic E-state index is 12.8. The summed E-state index contributed by atoms with van der Waals surface area (Å²) < 4.78 is 23.5. The van der Waals surface area contributed by atoms with E-state index in [1.54, 1.807) is 12.2 Å². The number of carbonyl (C=O) groups excluding carboxylic acids is 1. The number of aliphatic hydroxyl groups is 2. The van der Waals surface area contributed by atoms with Gasteiger partial charge in [0.1, 0.15) is 13.2 Å². The fraction of sp³-hybridized carbons (Fsp3) is 0.711. The molecule has 55 heavy (non-hydrogen) atoms. The number of likely N-dealkylation sites (N-methyl/N-ethyl adjacent to an activating group) is 1. The number of unbranched alkanes of at least 4 members (excludes halogenated alkanes) is 14. The fourth-order valence-electron chi connectivity index (χ4n) is 5.57. The van der Waals surface area contributed by atoms with Gasteiger partial charge in [0, 0.05) is 6.42 Å². The summed E-state index contributed by atoms with van der Waals surface area (Å²) in [5.41, 5.74) is 0. The minimum atomic E-state index is -4.37. The van der Waals surface area contributed by atoms with Gasteiger partial charge in [-0.3, -0.25) is 13.8 Å². The van der Waals surface area contributed by atoms with Gasteiger partial charge in [0.25, 0.3) is 0 Å². The number of aliphatic hydroxyl groups excluding tert-OH is 2. The van der Waals surface area contributed by atoms with Crippen LogP contribution in [0.4, 0.5) is 0 Å². The van der Waals surface area contributed by atoms with E-state index in [2.05, 4.69) is 37.4 Å². The van der Waals surface area contributed by atoms with Crippen molar-refractivity contribution in [3.63, 3.8) is 0 Å². The predicted molar refractivity (Wildman–Crippen MR) is 232 cm³/mol. The second-order valence-electron chi connectivity index (χ2n) is 15.5. The highest BCUT2D eigenvalue weighted by Crippen LogP contribution is 2.43. The average Bonchev–Trinajstić information content (AvgIpc) is 3.13. The molecular formula is C45H82N2O7P+. The third-order valence-electron chi connectivity index (χ3n) is 9.01. The monoisotopic (exact) mass is 794 g/mol. The smallest absolute Gasteiger partial charge is 0.389 e. The van der Waals surface area contributed by atoms with E-state index >= 15 is 0 Å². The van der Waals surface area contributed by atoms with E-state index in [4.69, 9.17) is 9.05 Å². The highest BCUT2D eigenvalue weighted by Gasteiger charge is 2.27. The van der Waals surface area contributed by atoms with Crippen LogP contribution in [0, 0.1) is 0 Å². The Balaban J connectivity index is 4.66. The summed E-state index contributed by atoms with van der Waals surface area (Å²) >= 11 is 0. The zero-order chi connectivity index (χ0) is 40.9. The molecule has 0 fully saturated rings. The first kappa shape index (κ1) is 52.9. The van der Waals surface area contributed by atoms with E-state index in [-0.39, 0.29) is 25.5 Å². The third-order valence-corrected chi connectivity index (χ3v) is 10.00. The molecule has 0 aliphatic rings. The zero-order valence-corrected chi connectivity index (χ0v) is 36.4. The predicted octanol–water partition coefficient (Wildman–Crippen LogP) is 10.6. The summed E-state index contributed by atoms with van der Waals surface area (Å²) in [4.78, 5) is 23.1. The second-order valence-corrected chi connectivity index (χ2v) is 17.0. The van der Waals surface area contributed by atoms with E-state index in [1.807, 2.05) is 63.7 Å². The van der Waals surface area contributed by atoms with Crippen molar-refractivity contribution in [1.82, 2.24) is 5.32 Å². The average molecular weight is 794 g/mol. The SMILES string of the molecule is CC/C=C\C/C=C\CC(O)/C=C/C=C\C/C=C\CCCC(=O)N[C@@H](COP(=O)(O)OCC[N+](C)(C)C)[C@H](O)/C=C/CCCCCCCCCCCCCCC. The van der Waals surface area contributed by atoms with Crippen molar-refractivity contribution in [2.75, 3.05) is 40.9 Å². The zero-order valence-electron chi connectivity index (χ0n) is 35.5. The van der Waals surface area contributed by atoms with Crippen molar-refractivity contribution < 1.29 is 38.0 Å². The maximum Gasteiger partial charge on any atom is 0.472 e. The highest BCUT2D eigenvalue weighted by atomic mass is 31.2. The number of hydrogen-bond acceptors (Lipinski definition) is 6. The van der Waals surface area contributed by atoms with Gasteiger partial charge in [0.15, 0.2) is 0 Å². The number of nitrogens with zero attached hydrogens (tertiary/aromatic N) is 1. The Bertz CT molecular complexity index is 1140. The molecule has 0 heterocycles. The second kappa shape index (κ2) is 36.3. The molecule has 0 saturated heterocycles. The molecule has 0 rings (SSSR count). The first-order valence-electron chi connectivity index (χ1n) is 21.4. The Hall–Kier alpha value is -2.10. The lowest BCUT2D eigenvalue weighted by Crippen LogP contribution is -2.45. The number of quaternary nitrogens is 1. The van der Waals surface area contributed by atoms with Crippen LogP contribution in [-0.2, 0) is 18.4 Å². The largest absolute Gasteiger partial charge is 0.472 e. The van der Waals surface area contributed by atoms with Gasteiger partial charge in [0.2, 0.25) is 5.91 Å². The van der Waals surface area contributed by atoms with Crippen LogP contribution in [-0.4, -0.2) is 84.6 Å². The van der Waals surface area contributed by atoms with Gasteiger partial charge in [0.05, 0.1) is 46.0 Å². The molecule has 4 N–H and O–H groups in total. The fourth-order valence-corrected chi connectivity index (χ4v) is 6.31. The summed E-state index contributed by atoms with van der Waals surface area (Å²) in [6, 6.07) is -0.899. The molecule has 9 nitrogen and oxygen atoms in total. The minimum Gasteiger partial charge on any atom is -0.389 e. The Kier molecular flexibility index (Phi) is 34.9. The Labute approximate surface area is 336 Å². The summed E-state index contributed by atoms with van der Waals surface area (Å²) in [6.07, 6.45) is 44.3. The quantitative estimate of drug-likeness (QED) is 0.0162. The lowest BCUT2D eigenvalue weighted by molar-refractivity contribution is -0.870. The lowest BCUT2D eigenvalue weighted by Gasteiger charge is -2.25. The molecule has 0 aliphatic heterocycles. The summed E-state index contributed by atoms with van der Waals surface area (Å²) in [5, 5.41) is 23.8. The van der Waals surface area contributed by atoms with Gasteiger partial charge < -0.3 is 24.9 Å². The van der Waals surface area contributed by atoms with Crippen LogP contribution in [0.25, 0.3) is 0 Å². The molecule has 1 amide bonds. The van der Waals surface area contributed by atoms with E-state index in [9.17, 15) is 24.5 Å². The molecule has 0 bridgehead atoms. The molecule has 4 atom stereocenters. The van der Waals surface area contributed by atoms with Gasteiger partial charge in [-0.1, -0.05) is 164 Å². The van der Waals surface area contributed by atoms with Crippen LogP contribution in [0.1, 0.15) is 149 Å². The van der Waals surface area contributed by atoms with Gasteiger partial charge >= 0.3 is 7.82 Å². The molecular weight excluding hydrogens is 711 g/mol. The van der Waals surface area contributed by atoms with E-state index < -0.39 is 26.1 Å². The van der Waals surface area contributed by atoms with Gasteiger partial charge in [-0.25, -0.2) is 4.57 Å². The Morgan fingerprint density at radius 1 is 0.691 bits per heavy atom. The molecule has 0 aromatic carbocycles. The number of phosphoric acid groups is 1. The molecule has 10 heteroatoms. The van der Waals surface area contributed by atoms with Crippen molar-refractivity contribution in [2.24, 2.45) is 0 Å². The van der Waals surface area contributed by atoms with Crippen molar-refractivity contribution >= 4 is 13.7 Å². The van der Waals surface area contributed by atoms with Crippen LogP contribution in [0.3, 0.4) is 0 Å². The van der Waals surface area contributed by atoms with Crippen LogP contribution in [0.15, 0.2) is 72.9 Å². The highest BCUT2D eigenvalue weighted by molar-refractivity contribution is 7.47. The number of nitrogens with one attached hydrogen (secondary N) is 1. The minimum absolute atomic E-state index is 0.0362. The third kappa shape index (κ3) is 38.5. The number of amides is 1. The first-order valence-corrected chi connectivity index (χ1v) is 22.9. The van der Waals surface area contributed by atoms with Crippen molar-refractivity contribution in [3.05, 3.63) is 72.9 Å². The topological polar surface area (TPSA) is 125 Å². The molecule has 0 spiro atoms. The normalized spacial score (nSPS) is 15.7. The standard InChI is InChI=1S/C45H81N2O7P/c1-6-8-10-12-14-15-16-17-18-19-20-21-25-29-33-37-44(49)43(41-54-55(51,52)53-40-39-47(3,4)5)46-45(50)38-34-30-26-23-22-24-28-32-36-42(48)35-31-27-13-11-9-7-2/h9,11,23-24,26-28,31-33,36-37,42-44,48-49H,6-8,10,12-22,25,29-30,34-35,38-41H2,1-5H3,(H-,46,50,51,52)/p+1/b11-9-,26-23-,28-24-,31-27-,36-32+,37-33+/t42?,43-,44+/m0/s1. The van der Waals surface area contributed by atoms with Crippen LogP contribution in [0.5, 0.6) is 0 Å². The van der Waals surface area contributed by atoms with Gasteiger partial charge in [-0.15, -0.1) is 0 Å². The van der Waals surface area contributed by atoms with Crippen LogP contribution in [0.2, 0.25) is 0 Å². The number of allylic oxidation sites excluding steroid dienone is 9. The van der Waals surface area contributed by atoms with Crippen molar-refractivity contribution in [1.29, 1.82) is 0 Å². The molecule has 0 radical (unpaired) electrons. The van der Waals surface area contributed by atoms with Crippen molar-refractivity contribution in [3.8, 4) is 0 Å². The van der Waals surface area contributed by atoms with Gasteiger partial charge in [-0.05, 0) is 51.4 Å². The van der Waals surface area contributed by atoms with E-state index in [0.717, 1.165) is 38.5 Å². The molecule has 0 saturated carbocycles. The molecule has 0 aromatic heterocycles. The number of phosphoric ester groups is 1. The molecule has 0 aromatic rings. The van der Waals surface area contributed by atoms with Crippen LogP contribution >= 0.6 is 7.82 Å². The van der Waals surface area contributed by atoms with Crippen molar-refractivity contribution in [2.45, 2.75) is 167 Å². The number of rotatable bonds is 37. The summed E-state index contributed by atoms with van der Waals surface area (Å²) in [7, 11) is 1.48. The van der Waals surface area contributed by atoms with E-state index in [0.29, 0.717) is 30.3 Å². The summed E-state index contributed by atoms with van der Waals surface area (Å²) in [6.45, 7) is 4.55. The summed E-state index contributed by atoms with van der Waals surface area (Å²) in [5.74, 6) is -0.263. The first-order chi connectivity index (χ1) is 26.4. The van der Waals surface area contributed by atoms with E-state index in [1.165, 1.54) is 70.6 Å². The lowest BCUT2D eigenvalue weighted by atomic mass is 10.0. The molecule has 0 aliphatic carbocycles. The Morgan fingerprint density at radius 3 is 1.91 bits per heavy atom. The van der Waals surface area contributed by atoms with Crippen LogP contribution < -0.4 is 5.32 Å². The number of hydrogen-bond donors (Lipinski definition) is 4. The molecule has 2 unspecified atom stereocenters. The van der Waals surface area contributed by atoms with Gasteiger partial charge in [-0.2, -0.15) is 0 Å². The maximum atomic E-state index is 12.8. The Morgan fingerprint density at radius 2 is 1.27 bits per heavy atom.